The zero-order valence-electron chi connectivity index (χ0n) is 19.4. The van der Waals surface area contributed by atoms with Crippen LogP contribution in [0, 0.1) is 28.6 Å². The van der Waals surface area contributed by atoms with Crippen LogP contribution in [-0.4, -0.2) is 70.1 Å². The lowest BCUT2D eigenvalue weighted by atomic mass is 9.41. The molecule has 2 aliphatic rings. The highest BCUT2D eigenvalue weighted by Gasteiger charge is 2.73. The minimum absolute atomic E-state index is 0.0503. The van der Waals surface area contributed by atoms with E-state index in [1.807, 2.05) is 20.8 Å². The van der Waals surface area contributed by atoms with E-state index in [-0.39, 0.29) is 12.3 Å². The molecule has 172 valence electrons. The predicted octanol–water partition coefficient (Wildman–Crippen LogP) is 2.38. The number of ketones is 1. The Kier molecular flexibility index (Phi) is 6.82. The summed E-state index contributed by atoms with van der Waals surface area (Å²) in [5, 5.41) is 34.4. The van der Waals surface area contributed by atoms with Crippen LogP contribution >= 0.6 is 0 Å². The van der Waals surface area contributed by atoms with Crippen molar-refractivity contribution in [2.24, 2.45) is 28.6 Å². The maximum Gasteiger partial charge on any atom is 0.409 e. The highest BCUT2D eigenvalue weighted by atomic mass is 16.6. The van der Waals surface area contributed by atoms with Gasteiger partial charge in [-0.2, -0.15) is 0 Å². The molecule has 0 spiro atoms. The second-order valence-corrected chi connectivity index (χ2v) is 10.4. The molecule has 2 aliphatic carbocycles. The molecule has 2 fully saturated rings. The monoisotopic (exact) mass is 425 g/mol. The van der Waals surface area contributed by atoms with Gasteiger partial charge < -0.3 is 25.0 Å². The fourth-order valence-corrected chi connectivity index (χ4v) is 5.92. The molecule has 0 aliphatic heterocycles. The SMILES string of the molecule is C=C[C@@H](C)CC(=O)[C@@]1(O)[C@@H](C)[C@@H](O)[C@@H](OC(=O)N(C)C)[C@H]2C(C)(C)CC[C@H](O)[C@@]21C. The van der Waals surface area contributed by atoms with E-state index in [1.54, 1.807) is 34.0 Å². The third kappa shape index (κ3) is 3.59. The summed E-state index contributed by atoms with van der Waals surface area (Å²) in [6.45, 7) is 12.8. The van der Waals surface area contributed by atoms with Crippen LogP contribution < -0.4 is 0 Å². The van der Waals surface area contributed by atoms with Crippen LogP contribution in [0.5, 0.6) is 0 Å². The minimum atomic E-state index is -1.98. The second-order valence-electron chi connectivity index (χ2n) is 10.4. The number of nitrogens with zero attached hydrogens (tertiary/aromatic N) is 1. The number of fused-ring (bicyclic) bond motifs is 1. The van der Waals surface area contributed by atoms with Gasteiger partial charge in [-0.25, -0.2) is 4.79 Å². The molecule has 0 bridgehead atoms. The van der Waals surface area contributed by atoms with Gasteiger partial charge in [0.25, 0.3) is 0 Å². The van der Waals surface area contributed by atoms with Crippen molar-refractivity contribution >= 4 is 11.9 Å². The summed E-state index contributed by atoms with van der Waals surface area (Å²) < 4.78 is 5.72. The van der Waals surface area contributed by atoms with Crippen molar-refractivity contribution in [2.45, 2.75) is 77.8 Å². The van der Waals surface area contributed by atoms with Crippen molar-refractivity contribution in [3.05, 3.63) is 12.7 Å². The fraction of sp³-hybridized carbons (Fsp3) is 0.826. The van der Waals surface area contributed by atoms with E-state index in [2.05, 4.69) is 6.58 Å². The average molecular weight is 426 g/mol. The molecule has 2 saturated carbocycles. The number of carbonyl (C=O) groups excluding carboxylic acids is 2. The molecule has 0 heterocycles. The van der Waals surface area contributed by atoms with Crippen molar-refractivity contribution in [3.8, 4) is 0 Å². The fourth-order valence-electron chi connectivity index (χ4n) is 5.92. The molecule has 7 heteroatoms. The van der Waals surface area contributed by atoms with Crippen LogP contribution in [0.1, 0.15) is 53.9 Å². The Morgan fingerprint density at radius 2 is 1.83 bits per heavy atom. The minimum Gasteiger partial charge on any atom is -0.443 e. The van der Waals surface area contributed by atoms with Crippen LogP contribution in [0.3, 0.4) is 0 Å². The summed E-state index contributed by atoms with van der Waals surface area (Å²) in [4.78, 5) is 27.1. The Bertz CT molecular complexity index is 691. The Labute approximate surface area is 180 Å². The highest BCUT2D eigenvalue weighted by Crippen LogP contribution is 2.63. The lowest BCUT2D eigenvalue weighted by Gasteiger charge is -2.66. The largest absolute Gasteiger partial charge is 0.443 e. The quantitative estimate of drug-likeness (QED) is 0.584. The van der Waals surface area contributed by atoms with Crippen molar-refractivity contribution in [2.75, 3.05) is 14.1 Å². The maximum atomic E-state index is 13.5. The van der Waals surface area contributed by atoms with Gasteiger partial charge in [0.1, 0.15) is 11.7 Å². The zero-order chi connectivity index (χ0) is 23.2. The van der Waals surface area contributed by atoms with Gasteiger partial charge in [0, 0.05) is 37.8 Å². The molecule has 2 rings (SSSR count). The number of hydrogen-bond acceptors (Lipinski definition) is 6. The van der Waals surface area contributed by atoms with Crippen LogP contribution in [0.4, 0.5) is 4.79 Å². The third-order valence-electron chi connectivity index (χ3n) is 7.84. The van der Waals surface area contributed by atoms with Gasteiger partial charge in [-0.3, -0.25) is 4.79 Å². The summed E-state index contributed by atoms with van der Waals surface area (Å²) >= 11 is 0. The number of rotatable bonds is 5. The average Bonchev–Trinajstić information content (AvgIpc) is 2.66. The van der Waals surface area contributed by atoms with E-state index in [4.69, 9.17) is 4.74 Å². The smallest absolute Gasteiger partial charge is 0.409 e. The van der Waals surface area contributed by atoms with E-state index in [1.165, 1.54) is 4.90 Å². The zero-order valence-corrected chi connectivity index (χ0v) is 19.4. The molecule has 8 atom stereocenters. The van der Waals surface area contributed by atoms with E-state index in [0.717, 1.165) is 0 Å². The number of Topliss-reactive ketones (excluding diaryl/α,β-unsaturated/α-hetero) is 1. The van der Waals surface area contributed by atoms with E-state index in [9.17, 15) is 24.9 Å². The van der Waals surface area contributed by atoms with Crippen LogP contribution in [0.2, 0.25) is 0 Å². The van der Waals surface area contributed by atoms with Crippen molar-refractivity contribution in [3.63, 3.8) is 0 Å². The first-order chi connectivity index (χ1) is 13.7. The molecule has 7 nitrogen and oxygen atoms in total. The first-order valence-electron chi connectivity index (χ1n) is 10.8. The molecular weight excluding hydrogens is 386 g/mol. The number of allylic oxidation sites excluding steroid dienone is 1. The van der Waals surface area contributed by atoms with Gasteiger partial charge in [-0.1, -0.05) is 40.7 Å². The lowest BCUT2D eigenvalue weighted by molar-refractivity contribution is -0.291. The Morgan fingerprint density at radius 3 is 2.33 bits per heavy atom. The lowest BCUT2D eigenvalue weighted by Crippen LogP contribution is -2.77. The summed E-state index contributed by atoms with van der Waals surface area (Å²) in [6.07, 6.45) is -1.11. The van der Waals surface area contributed by atoms with Gasteiger partial charge in [-0.05, 0) is 24.2 Å². The number of ether oxygens (including phenoxy) is 1. The second kappa shape index (κ2) is 8.24. The Balaban J connectivity index is 2.67. The molecule has 0 aromatic rings. The first kappa shape index (κ1) is 24.8. The van der Waals surface area contributed by atoms with E-state index >= 15 is 0 Å². The molecule has 3 N–H and O–H groups in total. The maximum absolute atomic E-state index is 13.5. The first-order valence-corrected chi connectivity index (χ1v) is 10.8. The third-order valence-corrected chi connectivity index (χ3v) is 7.84. The van der Waals surface area contributed by atoms with Crippen LogP contribution in [0.15, 0.2) is 12.7 Å². The van der Waals surface area contributed by atoms with Crippen LogP contribution in [-0.2, 0) is 9.53 Å². The molecule has 1 amide bonds. The molecule has 0 saturated heterocycles. The van der Waals surface area contributed by atoms with E-state index < -0.39 is 58.5 Å². The summed E-state index contributed by atoms with van der Waals surface area (Å²) in [6, 6.07) is 0. The number of carbonyl (C=O) groups is 2. The molecule has 30 heavy (non-hydrogen) atoms. The van der Waals surface area contributed by atoms with Crippen molar-refractivity contribution in [1.82, 2.24) is 4.90 Å². The topological polar surface area (TPSA) is 107 Å². The summed E-state index contributed by atoms with van der Waals surface area (Å²) in [5.41, 5.74) is -3.78. The normalized spacial score (nSPS) is 41.3. The number of aliphatic hydroxyl groups excluding tert-OH is 2. The summed E-state index contributed by atoms with van der Waals surface area (Å²) in [5.74, 6) is -2.15. The molecule has 0 aromatic carbocycles. The predicted molar refractivity (Wildman–Crippen MR) is 114 cm³/mol. The van der Waals surface area contributed by atoms with Gasteiger partial charge in [0.2, 0.25) is 0 Å². The molecular formula is C23H39NO6. The highest BCUT2D eigenvalue weighted by molar-refractivity contribution is 5.89. The van der Waals surface area contributed by atoms with Crippen LogP contribution in [0.25, 0.3) is 0 Å². The molecule has 0 radical (unpaired) electrons. The van der Waals surface area contributed by atoms with E-state index in [0.29, 0.717) is 12.8 Å². The molecule has 0 aromatic heterocycles. The van der Waals surface area contributed by atoms with Crippen molar-refractivity contribution in [1.29, 1.82) is 0 Å². The van der Waals surface area contributed by atoms with Gasteiger partial charge in [0.15, 0.2) is 5.78 Å². The standard InChI is InChI=1S/C23H39NO6/c1-9-13(2)12-16(26)23(29)14(3)17(27)18(30-20(28)24(7)8)19-21(4,5)11-10-15(25)22(19,23)6/h9,13-15,17-19,25,27,29H,1,10-12H2,2-8H3/t13-,14+,15+,17-,18-,19+,22+,23+/m1/s1. The summed E-state index contributed by atoms with van der Waals surface area (Å²) in [7, 11) is 3.11. The Morgan fingerprint density at radius 1 is 1.27 bits per heavy atom. The van der Waals surface area contributed by atoms with Crippen molar-refractivity contribution < 1.29 is 29.6 Å². The number of aliphatic hydroxyl groups is 3. The number of amides is 1. The molecule has 0 unspecified atom stereocenters. The van der Waals surface area contributed by atoms with Gasteiger partial charge in [0.05, 0.1) is 12.2 Å². The van der Waals surface area contributed by atoms with Gasteiger partial charge in [-0.15, -0.1) is 6.58 Å². The number of hydrogen-bond donors (Lipinski definition) is 3. The Hall–Kier alpha value is -1.44. The van der Waals surface area contributed by atoms with Gasteiger partial charge >= 0.3 is 6.09 Å².